The lowest BCUT2D eigenvalue weighted by Gasteiger charge is -2.28. The fourth-order valence-electron chi connectivity index (χ4n) is 0.987. The third kappa shape index (κ3) is 11.3. The van der Waals surface area contributed by atoms with Gasteiger partial charge in [0.05, 0.1) is 11.1 Å². The predicted octanol–water partition coefficient (Wildman–Crippen LogP) is 0.797. The molecule has 0 saturated carbocycles. The van der Waals surface area contributed by atoms with Crippen molar-refractivity contribution in [3.63, 3.8) is 0 Å². The maximum Gasteiger partial charge on any atom is 0.329 e. The Bertz CT molecular complexity index is 458. The molecule has 0 aromatic carbocycles. The van der Waals surface area contributed by atoms with E-state index in [2.05, 4.69) is 10.2 Å². The zero-order valence-electron chi connectivity index (χ0n) is 15.6. The van der Waals surface area contributed by atoms with Gasteiger partial charge >= 0.3 is 12.1 Å². The zero-order chi connectivity index (χ0) is 19.7. The Hall–Kier alpha value is -2.33. The van der Waals surface area contributed by atoms with Gasteiger partial charge in [-0.1, -0.05) is 0 Å². The van der Waals surface area contributed by atoms with Crippen molar-refractivity contribution in [1.29, 1.82) is 0 Å². The molecule has 0 spiro atoms. The molecule has 1 heterocycles. The number of primary amides is 2. The average Bonchev–Trinajstić information content (AvgIpc) is 2.87. The predicted molar refractivity (Wildman–Crippen MR) is 94.1 cm³/mol. The number of hydrazine groups is 2. The second-order valence-corrected chi connectivity index (χ2v) is 7.00. The van der Waals surface area contributed by atoms with Crippen LogP contribution in [0.4, 0.5) is 9.59 Å². The molecule has 0 saturated heterocycles. The third-order valence-corrected chi connectivity index (χ3v) is 2.56. The highest BCUT2D eigenvalue weighted by atomic mass is 16.2. The first-order valence-electron chi connectivity index (χ1n) is 7.25. The quantitative estimate of drug-likeness (QED) is 0.265. The Morgan fingerprint density at radius 3 is 1.33 bits per heavy atom. The van der Waals surface area contributed by atoms with Gasteiger partial charge in [-0.3, -0.25) is 15.1 Å². The maximum atomic E-state index is 10.4. The van der Waals surface area contributed by atoms with Gasteiger partial charge in [-0.05, 0) is 54.5 Å². The lowest BCUT2D eigenvalue weighted by molar-refractivity contribution is 0.154. The maximum absolute atomic E-state index is 10.4. The van der Waals surface area contributed by atoms with E-state index < -0.39 is 12.1 Å². The van der Waals surface area contributed by atoms with E-state index in [0.717, 1.165) is 15.7 Å². The number of carbonyl (C=O) groups excluding carboxylic acids is 2. The van der Waals surface area contributed by atoms with E-state index in [1.54, 1.807) is 47.7 Å². The van der Waals surface area contributed by atoms with Gasteiger partial charge in [0.25, 0.3) is 0 Å². The summed E-state index contributed by atoms with van der Waals surface area (Å²) in [6, 6.07) is 0.699. The number of amides is 4. The highest BCUT2D eigenvalue weighted by Crippen LogP contribution is 2.06. The fourth-order valence-corrected chi connectivity index (χ4v) is 0.987. The van der Waals surface area contributed by atoms with Crippen molar-refractivity contribution in [3.05, 3.63) is 18.0 Å². The number of hydrogen-bond acceptors (Lipinski definition) is 5. The number of rotatable bonds is 0. The van der Waals surface area contributed by atoms with Gasteiger partial charge in [0.1, 0.15) is 0 Å². The van der Waals surface area contributed by atoms with E-state index in [1.165, 1.54) is 0 Å². The molecule has 10 heteroatoms. The van der Waals surface area contributed by atoms with Crippen molar-refractivity contribution < 1.29 is 9.59 Å². The first kappa shape index (κ1) is 23.9. The fraction of sp³-hybridized carbons (Fsp3) is 0.643. The molecular formula is C14H32N8O2. The van der Waals surface area contributed by atoms with Crippen LogP contribution in [0.15, 0.2) is 12.3 Å². The van der Waals surface area contributed by atoms with Crippen LogP contribution >= 0.6 is 0 Å². The van der Waals surface area contributed by atoms with Crippen LogP contribution in [0.2, 0.25) is 0 Å². The standard InChI is InChI=1S/2C5H13N3O.C4H6N2/c2*1-5(2,3)8(7)4(6)9;1-4-2-3-5-6-4/h2*7H2,1-3H3,(H2,6,9);2-3H,1H3,(H,5,6). The molecule has 1 rings (SSSR count). The molecule has 4 amide bonds. The van der Waals surface area contributed by atoms with Crippen molar-refractivity contribution in [2.45, 2.75) is 59.5 Å². The minimum absolute atomic E-state index is 0.383. The van der Waals surface area contributed by atoms with Crippen molar-refractivity contribution in [1.82, 2.24) is 20.2 Å². The summed E-state index contributed by atoms with van der Waals surface area (Å²) in [7, 11) is 0. The van der Waals surface area contributed by atoms with E-state index >= 15 is 0 Å². The van der Waals surface area contributed by atoms with E-state index in [4.69, 9.17) is 23.2 Å². The molecule has 140 valence electrons. The smallest absolute Gasteiger partial charge is 0.329 e. The molecule has 10 nitrogen and oxygen atoms in total. The minimum Gasteiger partial charge on any atom is -0.350 e. The first-order chi connectivity index (χ1) is 10.6. The summed E-state index contributed by atoms with van der Waals surface area (Å²) >= 11 is 0. The van der Waals surface area contributed by atoms with Crippen LogP contribution in [-0.2, 0) is 0 Å². The van der Waals surface area contributed by atoms with Crippen molar-refractivity contribution in [2.75, 3.05) is 0 Å². The largest absolute Gasteiger partial charge is 0.350 e. The van der Waals surface area contributed by atoms with Gasteiger partial charge in [0, 0.05) is 11.9 Å². The highest BCUT2D eigenvalue weighted by molar-refractivity contribution is 5.72. The van der Waals surface area contributed by atoms with Gasteiger partial charge in [0.2, 0.25) is 0 Å². The van der Waals surface area contributed by atoms with Gasteiger partial charge in [-0.15, -0.1) is 0 Å². The number of urea groups is 2. The molecule has 0 bridgehead atoms. The molecule has 1 aromatic rings. The minimum atomic E-state index is -0.609. The van der Waals surface area contributed by atoms with Crippen LogP contribution < -0.4 is 23.2 Å². The Morgan fingerprint density at radius 2 is 1.29 bits per heavy atom. The monoisotopic (exact) mass is 344 g/mol. The summed E-state index contributed by atoms with van der Waals surface area (Å²) in [5.41, 5.74) is 10.1. The van der Waals surface area contributed by atoms with Gasteiger partial charge in [-0.2, -0.15) is 5.10 Å². The summed E-state index contributed by atoms with van der Waals surface area (Å²) in [6.07, 6.45) is 1.73. The Kier molecular flexibility index (Phi) is 9.70. The molecule has 0 radical (unpaired) electrons. The molecule has 0 fully saturated rings. The van der Waals surface area contributed by atoms with Gasteiger partial charge < -0.3 is 11.5 Å². The number of aromatic nitrogens is 2. The van der Waals surface area contributed by atoms with Crippen molar-refractivity contribution >= 4 is 12.1 Å². The average molecular weight is 344 g/mol. The van der Waals surface area contributed by atoms with Crippen molar-refractivity contribution in [3.8, 4) is 0 Å². The normalized spacial score (nSPS) is 10.5. The van der Waals surface area contributed by atoms with Crippen LogP contribution in [0, 0.1) is 6.92 Å². The van der Waals surface area contributed by atoms with E-state index in [1.807, 2.05) is 13.0 Å². The third-order valence-electron chi connectivity index (χ3n) is 2.56. The second-order valence-electron chi connectivity index (χ2n) is 7.00. The van der Waals surface area contributed by atoms with Crippen LogP contribution in [0.3, 0.4) is 0 Å². The van der Waals surface area contributed by atoms with Crippen LogP contribution in [0.1, 0.15) is 47.2 Å². The zero-order valence-corrected chi connectivity index (χ0v) is 15.6. The Balaban J connectivity index is 0. The summed E-state index contributed by atoms with van der Waals surface area (Å²) in [5.74, 6) is 10.5. The summed E-state index contributed by atoms with van der Waals surface area (Å²) < 4.78 is 0. The lowest BCUT2D eigenvalue weighted by atomic mass is 10.1. The van der Waals surface area contributed by atoms with E-state index in [-0.39, 0.29) is 11.1 Å². The van der Waals surface area contributed by atoms with Crippen LogP contribution in [0.25, 0.3) is 0 Å². The van der Waals surface area contributed by atoms with Gasteiger partial charge in [0.15, 0.2) is 0 Å². The Labute approximate surface area is 143 Å². The summed E-state index contributed by atoms with van der Waals surface area (Å²) in [4.78, 5) is 20.7. The number of aryl methyl sites for hydroxylation is 1. The number of aromatic amines is 1. The number of nitrogens with two attached hydrogens (primary N) is 4. The van der Waals surface area contributed by atoms with Crippen molar-refractivity contribution in [2.24, 2.45) is 23.2 Å². The molecule has 0 unspecified atom stereocenters. The van der Waals surface area contributed by atoms with Crippen LogP contribution in [-0.4, -0.2) is 43.4 Å². The molecule has 1 aromatic heterocycles. The number of nitrogens with zero attached hydrogens (tertiary/aromatic N) is 3. The number of H-pyrrole nitrogens is 1. The van der Waals surface area contributed by atoms with Crippen LogP contribution in [0.5, 0.6) is 0 Å². The molecule has 9 N–H and O–H groups in total. The summed E-state index contributed by atoms with van der Waals surface area (Å²) in [5, 5.41) is 8.43. The number of nitrogens with one attached hydrogen (secondary N) is 1. The lowest BCUT2D eigenvalue weighted by Crippen LogP contribution is -2.52. The highest BCUT2D eigenvalue weighted by Gasteiger charge is 2.21. The van der Waals surface area contributed by atoms with E-state index in [0.29, 0.717) is 0 Å². The molecule has 0 atom stereocenters. The molecule has 0 aliphatic heterocycles. The number of hydrogen-bond donors (Lipinski definition) is 5. The molecular weight excluding hydrogens is 312 g/mol. The number of carbonyl (C=O) groups is 2. The Morgan fingerprint density at radius 1 is 0.958 bits per heavy atom. The summed E-state index contributed by atoms with van der Waals surface area (Å²) in [6.45, 7) is 12.8. The molecule has 0 aliphatic carbocycles. The van der Waals surface area contributed by atoms with E-state index in [9.17, 15) is 9.59 Å². The molecule has 24 heavy (non-hydrogen) atoms. The molecule has 0 aliphatic rings. The topological polar surface area (TPSA) is 173 Å². The van der Waals surface area contributed by atoms with Gasteiger partial charge in [-0.25, -0.2) is 21.3 Å². The SMILES string of the molecule is CC(C)(C)N(N)C(N)=O.CC(C)(C)N(N)C(N)=O.Cc1ccn[nH]1. The second kappa shape index (κ2) is 9.73. The first-order valence-corrected chi connectivity index (χ1v) is 7.25.